The molecule has 1 unspecified atom stereocenters. The fourth-order valence-electron chi connectivity index (χ4n) is 6.02. The number of hydrogen-bond acceptors (Lipinski definition) is 0. The van der Waals surface area contributed by atoms with Crippen LogP contribution < -0.4 is 26.8 Å². The SMILES string of the molecule is C[NH+]1[C@@H]2CC#C[C@H]1CC2.Fc1ccc([B-](c2ccc(F)cc2)(c2ccc(F)cc2)c2ccc(F)cc2)cc1. The molecule has 0 aliphatic carbocycles. The van der Waals surface area contributed by atoms with E-state index in [1.807, 2.05) is 0 Å². The molecule has 2 heterocycles. The van der Waals surface area contributed by atoms with Gasteiger partial charge in [-0.3, -0.25) is 0 Å². The average molecular weight is 513 g/mol. The van der Waals surface area contributed by atoms with Gasteiger partial charge in [0.15, 0.2) is 0 Å². The number of halogens is 4. The first-order valence-corrected chi connectivity index (χ1v) is 12.9. The maximum atomic E-state index is 13.7. The highest BCUT2D eigenvalue weighted by molar-refractivity contribution is 7.19. The number of benzene rings is 4. The molecule has 192 valence electrons. The van der Waals surface area contributed by atoms with Crippen molar-refractivity contribution in [3.8, 4) is 11.8 Å². The molecular formula is C32H28BF4N. The van der Waals surface area contributed by atoms with Crippen molar-refractivity contribution in [2.45, 2.75) is 31.3 Å². The van der Waals surface area contributed by atoms with Crippen LogP contribution >= 0.6 is 0 Å². The molecule has 4 aromatic rings. The van der Waals surface area contributed by atoms with E-state index in [2.05, 4.69) is 18.9 Å². The highest BCUT2D eigenvalue weighted by atomic mass is 19.1. The number of nitrogens with one attached hydrogen (secondary N) is 1. The second-order valence-corrected chi connectivity index (χ2v) is 10.2. The predicted octanol–water partition coefficient (Wildman–Crippen LogP) is 3.06. The van der Waals surface area contributed by atoms with Crippen LogP contribution in [0.25, 0.3) is 0 Å². The quantitative estimate of drug-likeness (QED) is 0.243. The van der Waals surface area contributed by atoms with E-state index < -0.39 is 29.4 Å². The van der Waals surface area contributed by atoms with Crippen LogP contribution in [0.2, 0.25) is 0 Å². The van der Waals surface area contributed by atoms with Gasteiger partial charge in [0, 0.05) is 12.8 Å². The number of rotatable bonds is 4. The van der Waals surface area contributed by atoms with Gasteiger partial charge in [0.1, 0.15) is 35.5 Å². The standard InChI is InChI=1S/C24H16BF4.C8H11N/c26-21-9-1-17(2-10-21)25(18-3-11-22(27)12-4-18,19-5-13-23(28)14-6-19)20-7-15-24(29)16-8-20;1-9-7-3-2-4-8(9)6-5-7/h1-16H;7-8H,3,5-6H2,1H3/q-1;/p+1/t;7-,8+/m.1/s1. The Hall–Kier alpha value is -3.82. The average Bonchev–Trinajstić information content (AvgIpc) is 3.11. The van der Waals surface area contributed by atoms with Gasteiger partial charge in [-0.2, -0.15) is 21.9 Å². The topological polar surface area (TPSA) is 4.44 Å². The molecule has 3 atom stereocenters. The zero-order chi connectivity index (χ0) is 26.7. The highest BCUT2D eigenvalue weighted by Crippen LogP contribution is 2.13. The van der Waals surface area contributed by atoms with Crippen LogP contribution in [0.5, 0.6) is 0 Å². The summed E-state index contributed by atoms with van der Waals surface area (Å²) in [6.07, 6.45) is 1.92. The third kappa shape index (κ3) is 4.99. The summed E-state index contributed by atoms with van der Waals surface area (Å²) >= 11 is 0. The highest BCUT2D eigenvalue weighted by Gasteiger charge is 2.35. The molecule has 1 N–H and O–H groups in total. The number of hydrogen-bond donors (Lipinski definition) is 1. The predicted molar refractivity (Wildman–Crippen MR) is 146 cm³/mol. The zero-order valence-corrected chi connectivity index (χ0v) is 21.1. The van der Waals surface area contributed by atoms with Crippen LogP contribution in [0.3, 0.4) is 0 Å². The van der Waals surface area contributed by atoms with Gasteiger partial charge < -0.3 is 4.90 Å². The molecule has 0 spiro atoms. The van der Waals surface area contributed by atoms with E-state index in [0.29, 0.717) is 6.04 Å². The molecule has 38 heavy (non-hydrogen) atoms. The minimum absolute atomic E-state index is 0.393. The lowest BCUT2D eigenvalue weighted by molar-refractivity contribution is -0.909. The zero-order valence-electron chi connectivity index (χ0n) is 21.1. The van der Waals surface area contributed by atoms with Gasteiger partial charge in [0.2, 0.25) is 0 Å². The monoisotopic (exact) mass is 513 g/mol. The second-order valence-electron chi connectivity index (χ2n) is 10.2. The lowest BCUT2D eigenvalue weighted by atomic mass is 9.13. The van der Waals surface area contributed by atoms with E-state index in [1.54, 1.807) is 53.4 Å². The first kappa shape index (κ1) is 25.8. The smallest absolute Gasteiger partial charge is 0.149 e. The Balaban J connectivity index is 0.000000273. The van der Waals surface area contributed by atoms with Gasteiger partial charge in [0.25, 0.3) is 0 Å². The van der Waals surface area contributed by atoms with Gasteiger partial charge in [-0.25, -0.2) is 17.6 Å². The molecule has 1 saturated heterocycles. The van der Waals surface area contributed by atoms with Crippen LogP contribution in [0, 0.1) is 35.1 Å². The molecule has 6 rings (SSSR count). The molecule has 0 saturated carbocycles. The van der Waals surface area contributed by atoms with Gasteiger partial charge in [0.05, 0.1) is 19.5 Å². The summed E-state index contributed by atoms with van der Waals surface area (Å²) in [7, 11) is 2.27. The Labute approximate surface area is 221 Å². The van der Waals surface area contributed by atoms with Crippen LogP contribution in [0.1, 0.15) is 19.3 Å². The van der Waals surface area contributed by atoms with Crippen molar-refractivity contribution in [1.29, 1.82) is 0 Å². The minimum Gasteiger partial charge on any atom is -0.322 e. The largest absolute Gasteiger partial charge is 0.322 e. The molecule has 1 nitrogen and oxygen atoms in total. The Morgan fingerprint density at radius 2 is 0.921 bits per heavy atom. The molecule has 2 aliphatic rings. The summed E-state index contributed by atoms with van der Waals surface area (Å²) < 4.78 is 54.8. The third-order valence-electron chi connectivity index (χ3n) is 8.10. The molecule has 2 bridgehead atoms. The van der Waals surface area contributed by atoms with Gasteiger partial charge in [-0.15, -0.1) is 0 Å². The third-order valence-corrected chi connectivity index (χ3v) is 8.10. The summed E-state index contributed by atoms with van der Waals surface area (Å²) in [6.45, 7) is 0. The Kier molecular flexibility index (Phi) is 7.40. The van der Waals surface area contributed by atoms with E-state index in [4.69, 9.17) is 0 Å². The van der Waals surface area contributed by atoms with Crippen LogP contribution in [-0.4, -0.2) is 25.3 Å². The Bertz CT molecular complexity index is 1250. The fourth-order valence-corrected chi connectivity index (χ4v) is 6.02. The molecule has 2 aliphatic heterocycles. The van der Waals surface area contributed by atoms with E-state index >= 15 is 0 Å². The van der Waals surface area contributed by atoms with Crippen molar-refractivity contribution in [2.75, 3.05) is 7.05 Å². The molecule has 1 fully saturated rings. The Morgan fingerprint density at radius 1 is 0.579 bits per heavy atom. The molecule has 0 radical (unpaired) electrons. The number of fused-ring (bicyclic) bond motifs is 2. The summed E-state index contributed by atoms with van der Waals surface area (Å²) in [5.41, 5.74) is 2.99. The van der Waals surface area contributed by atoms with Crippen LogP contribution in [-0.2, 0) is 0 Å². The van der Waals surface area contributed by atoms with E-state index in [9.17, 15) is 17.6 Å². The fraction of sp³-hybridized carbons (Fsp3) is 0.188. The van der Waals surface area contributed by atoms with E-state index in [-0.39, 0.29) is 0 Å². The minimum atomic E-state index is -1.94. The Morgan fingerprint density at radius 3 is 1.21 bits per heavy atom. The van der Waals surface area contributed by atoms with Crippen molar-refractivity contribution in [3.63, 3.8) is 0 Å². The first-order valence-electron chi connectivity index (χ1n) is 12.9. The maximum absolute atomic E-state index is 13.7. The van der Waals surface area contributed by atoms with Crippen molar-refractivity contribution >= 4 is 28.0 Å². The van der Waals surface area contributed by atoms with Crippen molar-refractivity contribution in [3.05, 3.63) is 120 Å². The van der Waals surface area contributed by atoms with Crippen molar-refractivity contribution in [1.82, 2.24) is 0 Å². The molecular weight excluding hydrogens is 485 g/mol. The second kappa shape index (κ2) is 10.9. The summed E-state index contributed by atoms with van der Waals surface area (Å²) in [5, 5.41) is 0. The first-order chi connectivity index (χ1) is 18.4. The normalized spacial score (nSPS) is 19.7. The van der Waals surface area contributed by atoms with Crippen molar-refractivity contribution in [2.24, 2.45) is 0 Å². The van der Waals surface area contributed by atoms with Gasteiger partial charge in [-0.1, -0.05) is 54.5 Å². The lowest BCUT2D eigenvalue weighted by Gasteiger charge is -2.44. The molecule has 6 heteroatoms. The van der Waals surface area contributed by atoms with Gasteiger partial charge in [-0.05, 0) is 54.5 Å². The lowest BCUT2D eigenvalue weighted by Crippen LogP contribution is -3.14. The molecule has 4 aromatic carbocycles. The van der Waals surface area contributed by atoms with E-state index in [0.717, 1.165) is 34.3 Å². The summed E-state index contributed by atoms with van der Waals surface area (Å²) in [6, 6.07) is 25.6. The van der Waals surface area contributed by atoms with Gasteiger partial charge >= 0.3 is 0 Å². The summed E-state index contributed by atoms with van der Waals surface area (Å²) in [5.74, 6) is 4.91. The molecule has 0 aromatic heterocycles. The van der Waals surface area contributed by atoms with Crippen LogP contribution in [0.4, 0.5) is 17.6 Å². The van der Waals surface area contributed by atoms with E-state index in [1.165, 1.54) is 61.4 Å². The van der Waals surface area contributed by atoms with Crippen molar-refractivity contribution < 1.29 is 22.5 Å². The van der Waals surface area contributed by atoms with Crippen LogP contribution in [0.15, 0.2) is 97.1 Å². The number of quaternary nitrogens is 1. The molecule has 0 amide bonds. The summed E-state index contributed by atoms with van der Waals surface area (Å²) in [4.78, 5) is 1.66. The maximum Gasteiger partial charge on any atom is 0.149 e.